The zero-order valence-electron chi connectivity index (χ0n) is 7.99. The Bertz CT molecular complexity index is 346. The van der Waals surface area contributed by atoms with Gasteiger partial charge >= 0.3 is 5.97 Å². The fourth-order valence-electron chi connectivity index (χ4n) is 1.17. The molecule has 0 aliphatic carbocycles. The monoisotopic (exact) mass is 192 g/mol. The SMILES string of the molecule is C=C/C=C1/C=C(C(=O)O)CO/C1=C/C. The van der Waals surface area contributed by atoms with Crippen LogP contribution in [-0.2, 0) is 9.53 Å². The molecule has 1 aliphatic heterocycles. The van der Waals surface area contributed by atoms with Crippen molar-refractivity contribution in [1.82, 2.24) is 0 Å². The van der Waals surface area contributed by atoms with E-state index in [-0.39, 0.29) is 12.2 Å². The minimum absolute atomic E-state index is 0.115. The number of allylic oxidation sites excluding steroid dienone is 4. The van der Waals surface area contributed by atoms with Crippen LogP contribution in [0.15, 0.2) is 47.8 Å². The average molecular weight is 192 g/mol. The number of carboxylic acid groups (broad SMARTS) is 1. The van der Waals surface area contributed by atoms with E-state index in [9.17, 15) is 4.79 Å². The van der Waals surface area contributed by atoms with Gasteiger partial charge in [0, 0.05) is 5.57 Å². The van der Waals surface area contributed by atoms with Gasteiger partial charge in [-0.3, -0.25) is 0 Å². The summed E-state index contributed by atoms with van der Waals surface area (Å²) >= 11 is 0. The van der Waals surface area contributed by atoms with E-state index >= 15 is 0 Å². The van der Waals surface area contributed by atoms with Gasteiger partial charge in [-0.1, -0.05) is 18.7 Å². The van der Waals surface area contributed by atoms with Crippen molar-refractivity contribution in [3.05, 3.63) is 47.8 Å². The molecule has 0 aromatic carbocycles. The summed E-state index contributed by atoms with van der Waals surface area (Å²) in [7, 11) is 0. The van der Waals surface area contributed by atoms with Crippen LogP contribution >= 0.6 is 0 Å². The maximum atomic E-state index is 10.7. The standard InChI is InChI=1S/C11H12O3/c1-3-5-8-6-9(11(12)13)7-14-10(8)4-2/h3-6H,1,7H2,2H3,(H,12,13)/b8-5-,10-4+. The second-order valence-electron chi connectivity index (χ2n) is 2.77. The van der Waals surface area contributed by atoms with Crippen molar-refractivity contribution in [2.45, 2.75) is 6.92 Å². The van der Waals surface area contributed by atoms with Crippen molar-refractivity contribution in [1.29, 1.82) is 0 Å². The van der Waals surface area contributed by atoms with Gasteiger partial charge in [0.15, 0.2) is 0 Å². The summed E-state index contributed by atoms with van der Waals surface area (Å²) in [6.45, 7) is 5.51. The fraction of sp³-hybridized carbons (Fsp3) is 0.182. The number of hydrogen-bond donors (Lipinski definition) is 1. The van der Waals surface area contributed by atoms with E-state index in [1.807, 2.05) is 6.92 Å². The first-order chi connectivity index (χ1) is 6.69. The van der Waals surface area contributed by atoms with Gasteiger partial charge in [-0.25, -0.2) is 4.79 Å². The van der Waals surface area contributed by atoms with Gasteiger partial charge in [-0.15, -0.1) is 0 Å². The Morgan fingerprint density at radius 3 is 2.93 bits per heavy atom. The van der Waals surface area contributed by atoms with E-state index in [0.717, 1.165) is 5.57 Å². The molecular weight excluding hydrogens is 180 g/mol. The Labute approximate surface area is 82.7 Å². The van der Waals surface area contributed by atoms with E-state index < -0.39 is 5.97 Å². The molecule has 1 heterocycles. The van der Waals surface area contributed by atoms with Crippen LogP contribution in [0, 0.1) is 0 Å². The van der Waals surface area contributed by atoms with Crippen molar-refractivity contribution >= 4 is 5.97 Å². The topological polar surface area (TPSA) is 46.5 Å². The number of rotatable bonds is 2. The quantitative estimate of drug-likeness (QED) is 0.728. The van der Waals surface area contributed by atoms with Gasteiger partial charge in [0.05, 0.1) is 5.57 Å². The molecule has 74 valence electrons. The zero-order valence-corrected chi connectivity index (χ0v) is 7.99. The first-order valence-corrected chi connectivity index (χ1v) is 4.25. The van der Waals surface area contributed by atoms with Crippen LogP contribution in [0.5, 0.6) is 0 Å². The van der Waals surface area contributed by atoms with Gasteiger partial charge in [0.25, 0.3) is 0 Å². The summed E-state index contributed by atoms with van der Waals surface area (Å²) in [6.07, 6.45) is 6.72. The maximum Gasteiger partial charge on any atom is 0.335 e. The summed E-state index contributed by atoms with van der Waals surface area (Å²) in [6, 6.07) is 0. The molecule has 0 aromatic heterocycles. The predicted molar refractivity (Wildman–Crippen MR) is 53.7 cm³/mol. The molecule has 1 aliphatic rings. The number of ether oxygens (including phenoxy) is 1. The minimum atomic E-state index is -0.949. The Kier molecular flexibility index (Phi) is 3.29. The van der Waals surface area contributed by atoms with Crippen LogP contribution in [0.3, 0.4) is 0 Å². The molecule has 3 nitrogen and oxygen atoms in total. The first-order valence-electron chi connectivity index (χ1n) is 4.25. The highest BCUT2D eigenvalue weighted by atomic mass is 16.5. The Morgan fingerprint density at radius 2 is 2.43 bits per heavy atom. The summed E-state index contributed by atoms with van der Waals surface area (Å²) in [5.41, 5.74) is 0.995. The third-order valence-corrected chi connectivity index (χ3v) is 1.83. The molecule has 3 heteroatoms. The summed E-state index contributed by atoms with van der Waals surface area (Å²) in [4.78, 5) is 10.7. The van der Waals surface area contributed by atoms with E-state index in [1.165, 1.54) is 0 Å². The largest absolute Gasteiger partial charge is 0.488 e. The zero-order chi connectivity index (χ0) is 10.6. The van der Waals surface area contributed by atoms with Gasteiger partial charge in [0.2, 0.25) is 0 Å². The number of carbonyl (C=O) groups is 1. The van der Waals surface area contributed by atoms with Gasteiger partial charge in [-0.05, 0) is 19.1 Å². The van der Waals surface area contributed by atoms with Crippen LogP contribution in [0.25, 0.3) is 0 Å². The lowest BCUT2D eigenvalue weighted by molar-refractivity contribution is -0.133. The van der Waals surface area contributed by atoms with Crippen LogP contribution in [0.1, 0.15) is 6.92 Å². The fourth-order valence-corrected chi connectivity index (χ4v) is 1.17. The third kappa shape index (κ3) is 2.13. The summed E-state index contributed by atoms with van der Waals surface area (Å²) in [5, 5.41) is 8.76. The molecule has 1 N–H and O–H groups in total. The molecule has 0 unspecified atom stereocenters. The van der Waals surface area contributed by atoms with E-state index in [0.29, 0.717) is 5.76 Å². The van der Waals surface area contributed by atoms with E-state index in [1.54, 1.807) is 24.3 Å². The molecule has 0 fully saturated rings. The van der Waals surface area contributed by atoms with Crippen molar-refractivity contribution < 1.29 is 14.6 Å². The lowest BCUT2D eigenvalue weighted by Gasteiger charge is -2.17. The van der Waals surface area contributed by atoms with Crippen LogP contribution in [0.2, 0.25) is 0 Å². The highest BCUT2D eigenvalue weighted by Crippen LogP contribution is 2.21. The molecule has 0 spiro atoms. The average Bonchev–Trinajstić information content (AvgIpc) is 2.18. The lowest BCUT2D eigenvalue weighted by Crippen LogP contribution is -2.13. The molecule has 0 amide bonds. The highest BCUT2D eigenvalue weighted by Gasteiger charge is 2.17. The normalized spacial score (nSPS) is 21.6. The number of carboxylic acids is 1. The molecule has 0 radical (unpaired) electrons. The van der Waals surface area contributed by atoms with E-state index in [2.05, 4.69) is 6.58 Å². The molecule has 14 heavy (non-hydrogen) atoms. The van der Waals surface area contributed by atoms with Gasteiger partial charge in [-0.2, -0.15) is 0 Å². The second kappa shape index (κ2) is 4.46. The maximum absolute atomic E-state index is 10.7. The molecule has 0 bridgehead atoms. The molecular formula is C11H12O3. The van der Waals surface area contributed by atoms with Crippen molar-refractivity contribution in [2.75, 3.05) is 6.61 Å². The van der Waals surface area contributed by atoms with Gasteiger partial charge in [0.1, 0.15) is 12.4 Å². The third-order valence-electron chi connectivity index (χ3n) is 1.83. The number of aliphatic carboxylic acids is 1. The Balaban J connectivity index is 3.06. The highest BCUT2D eigenvalue weighted by molar-refractivity contribution is 5.88. The molecule has 0 saturated carbocycles. The second-order valence-corrected chi connectivity index (χ2v) is 2.77. The minimum Gasteiger partial charge on any atom is -0.488 e. The summed E-state index contributed by atoms with van der Waals surface area (Å²) < 4.78 is 5.26. The van der Waals surface area contributed by atoms with E-state index in [4.69, 9.17) is 9.84 Å². The lowest BCUT2D eigenvalue weighted by atomic mass is 10.1. The molecule has 0 saturated heterocycles. The summed E-state index contributed by atoms with van der Waals surface area (Å²) in [5.74, 6) is -0.259. The van der Waals surface area contributed by atoms with Crippen molar-refractivity contribution in [2.24, 2.45) is 0 Å². The molecule has 0 aromatic rings. The Hall–Kier alpha value is -1.77. The van der Waals surface area contributed by atoms with Crippen LogP contribution in [0.4, 0.5) is 0 Å². The smallest absolute Gasteiger partial charge is 0.335 e. The van der Waals surface area contributed by atoms with Gasteiger partial charge < -0.3 is 9.84 Å². The van der Waals surface area contributed by atoms with Crippen LogP contribution < -0.4 is 0 Å². The molecule has 0 atom stereocenters. The Morgan fingerprint density at radius 1 is 1.71 bits per heavy atom. The number of hydrogen-bond acceptors (Lipinski definition) is 2. The first kappa shape index (κ1) is 10.3. The van der Waals surface area contributed by atoms with Crippen molar-refractivity contribution in [3.63, 3.8) is 0 Å². The van der Waals surface area contributed by atoms with Crippen LogP contribution in [-0.4, -0.2) is 17.7 Å². The molecule has 1 rings (SSSR count). The van der Waals surface area contributed by atoms with Crippen molar-refractivity contribution in [3.8, 4) is 0 Å². The predicted octanol–water partition coefficient (Wildman–Crippen LogP) is 2.04.